The van der Waals surface area contributed by atoms with Crippen LogP contribution in [0.1, 0.15) is 20.3 Å². The Labute approximate surface area is 75.2 Å². The molecule has 12 heavy (non-hydrogen) atoms. The molecule has 68 valence electrons. The van der Waals surface area contributed by atoms with Crippen LogP contribution in [0.15, 0.2) is 11.5 Å². The van der Waals surface area contributed by atoms with Crippen LogP contribution in [0.3, 0.4) is 0 Å². The number of ether oxygens (including phenoxy) is 1. The van der Waals surface area contributed by atoms with Crippen molar-refractivity contribution in [2.75, 3.05) is 0 Å². The van der Waals surface area contributed by atoms with E-state index in [0.29, 0.717) is 12.1 Å². The summed E-state index contributed by atoms with van der Waals surface area (Å²) in [6.07, 6.45) is 0.489. The van der Waals surface area contributed by atoms with Gasteiger partial charge in [-0.3, -0.25) is 0 Å². The van der Waals surface area contributed by atoms with Crippen LogP contribution in [0.5, 0.6) is 0 Å². The Morgan fingerprint density at radius 1 is 1.83 bits per heavy atom. The highest BCUT2D eigenvalue weighted by Crippen LogP contribution is 2.30. The molecule has 0 spiro atoms. The number of hydrogen-bond acceptors (Lipinski definition) is 3. The van der Waals surface area contributed by atoms with E-state index in [1.807, 2.05) is 0 Å². The fourth-order valence-corrected chi connectivity index (χ4v) is 1.18. The van der Waals surface area contributed by atoms with Crippen LogP contribution in [0.25, 0.3) is 0 Å². The first-order valence-electron chi connectivity index (χ1n) is 3.59. The number of halogens is 1. The van der Waals surface area contributed by atoms with Crippen molar-refractivity contribution in [2.45, 2.75) is 25.5 Å². The van der Waals surface area contributed by atoms with Crippen molar-refractivity contribution >= 4 is 17.6 Å². The van der Waals surface area contributed by atoms with E-state index in [1.54, 1.807) is 13.8 Å². The first kappa shape index (κ1) is 9.19. The van der Waals surface area contributed by atoms with Crippen molar-refractivity contribution < 1.29 is 14.6 Å². The van der Waals surface area contributed by atoms with E-state index in [-0.39, 0.29) is 5.76 Å². The van der Waals surface area contributed by atoms with Gasteiger partial charge in [-0.05, 0) is 6.92 Å². The highest BCUT2D eigenvalue weighted by molar-refractivity contribution is 6.23. The molecule has 0 saturated carbocycles. The summed E-state index contributed by atoms with van der Waals surface area (Å²) < 4.78 is 5.01. The third-order valence-electron chi connectivity index (χ3n) is 1.63. The molecular formula is C7H10ClNO3. The van der Waals surface area contributed by atoms with Crippen LogP contribution in [0.2, 0.25) is 0 Å². The zero-order chi connectivity index (χ0) is 9.35. The summed E-state index contributed by atoms with van der Waals surface area (Å²) in [4.78, 5) is 10.5. The lowest BCUT2D eigenvalue weighted by Crippen LogP contribution is -2.34. The van der Waals surface area contributed by atoms with Gasteiger partial charge in [-0.2, -0.15) is 0 Å². The van der Waals surface area contributed by atoms with Gasteiger partial charge in [0.05, 0.1) is 5.70 Å². The second kappa shape index (κ2) is 2.86. The van der Waals surface area contributed by atoms with Crippen LogP contribution in [-0.2, 0) is 9.53 Å². The number of nitrogens with one attached hydrogen (secondary N) is 1. The highest BCUT2D eigenvalue weighted by atomic mass is 35.5. The summed E-state index contributed by atoms with van der Waals surface area (Å²) in [6.45, 7) is 3.42. The van der Waals surface area contributed by atoms with E-state index in [4.69, 9.17) is 21.4 Å². The highest BCUT2D eigenvalue weighted by Gasteiger charge is 2.37. The molecule has 2 N–H and O–H groups in total. The number of carboxylic acids is 1. The Kier molecular flexibility index (Phi) is 2.19. The molecule has 0 bridgehead atoms. The molecule has 1 unspecified atom stereocenters. The molecular weight excluding hydrogens is 182 g/mol. The van der Waals surface area contributed by atoms with Crippen LogP contribution in [0, 0.1) is 0 Å². The number of rotatable bonds is 2. The summed E-state index contributed by atoms with van der Waals surface area (Å²) in [5.41, 5.74) is 0.458. The van der Waals surface area contributed by atoms with Crippen molar-refractivity contribution in [3.05, 3.63) is 11.5 Å². The van der Waals surface area contributed by atoms with Crippen molar-refractivity contribution in [2.24, 2.45) is 0 Å². The molecule has 0 amide bonds. The van der Waals surface area contributed by atoms with Gasteiger partial charge in [0.1, 0.15) is 0 Å². The molecule has 1 rings (SSSR count). The van der Waals surface area contributed by atoms with Gasteiger partial charge in [0, 0.05) is 6.42 Å². The lowest BCUT2D eigenvalue weighted by Gasteiger charge is -2.20. The molecule has 1 aliphatic heterocycles. The van der Waals surface area contributed by atoms with Gasteiger partial charge < -0.3 is 15.2 Å². The average molecular weight is 192 g/mol. The Balaban J connectivity index is 2.81. The smallest absolute Gasteiger partial charge is 0.373 e. The number of carboxylic acid groups (broad SMARTS) is 1. The molecule has 1 heterocycles. The molecule has 0 saturated heterocycles. The topological polar surface area (TPSA) is 58.6 Å². The Morgan fingerprint density at radius 2 is 2.42 bits per heavy atom. The molecule has 4 nitrogen and oxygen atoms in total. The Morgan fingerprint density at radius 3 is 2.67 bits per heavy atom. The van der Waals surface area contributed by atoms with E-state index in [9.17, 15) is 4.79 Å². The number of carbonyl (C=O) groups is 1. The molecule has 1 aliphatic rings. The normalized spacial score (nSPS) is 28.2. The average Bonchev–Trinajstić information content (AvgIpc) is 2.28. The van der Waals surface area contributed by atoms with Crippen molar-refractivity contribution in [1.29, 1.82) is 0 Å². The summed E-state index contributed by atoms with van der Waals surface area (Å²) in [7, 11) is 0. The van der Waals surface area contributed by atoms with E-state index in [2.05, 4.69) is 5.32 Å². The fraction of sp³-hybridized carbons (Fsp3) is 0.571. The lowest BCUT2D eigenvalue weighted by molar-refractivity contribution is -0.137. The lowest BCUT2D eigenvalue weighted by atomic mass is 10.4. The van der Waals surface area contributed by atoms with Gasteiger partial charge in [0.15, 0.2) is 0 Å². The summed E-state index contributed by atoms with van der Waals surface area (Å²) in [5.74, 6) is -1.21. The predicted molar refractivity (Wildman–Crippen MR) is 43.4 cm³/mol. The third-order valence-corrected chi connectivity index (χ3v) is 2.07. The second-order valence-electron chi connectivity index (χ2n) is 2.57. The standard InChI is InChI=1S/C7H10ClNO3/c1-3-7(8)9-4(2)5(12-7)6(10)11/h9H,3H2,1-2H3,(H,10,11). The van der Waals surface area contributed by atoms with Gasteiger partial charge in [-0.15, -0.1) is 0 Å². The largest absolute Gasteiger partial charge is 0.475 e. The molecule has 0 fully saturated rings. The molecule has 0 aromatic carbocycles. The van der Waals surface area contributed by atoms with Crippen molar-refractivity contribution in [1.82, 2.24) is 5.32 Å². The van der Waals surface area contributed by atoms with Crippen molar-refractivity contribution in [3.8, 4) is 0 Å². The van der Waals surface area contributed by atoms with Gasteiger partial charge in [0.2, 0.25) is 5.76 Å². The molecule has 0 aliphatic carbocycles. The minimum Gasteiger partial charge on any atom is -0.475 e. The SMILES string of the molecule is CCC1(Cl)NC(C)=C(C(=O)O)O1. The number of allylic oxidation sites excluding steroid dienone is 1. The fourth-order valence-electron chi connectivity index (χ4n) is 0.965. The minimum absolute atomic E-state index is 0.105. The summed E-state index contributed by atoms with van der Waals surface area (Å²) in [6, 6.07) is 0. The van der Waals surface area contributed by atoms with Gasteiger partial charge in [-0.25, -0.2) is 4.79 Å². The van der Waals surface area contributed by atoms with E-state index in [0.717, 1.165) is 0 Å². The minimum atomic E-state index is -1.10. The zero-order valence-corrected chi connectivity index (χ0v) is 7.60. The number of hydrogen-bond donors (Lipinski definition) is 2. The maximum absolute atomic E-state index is 10.5. The predicted octanol–water partition coefficient (Wildman–Crippen LogP) is 1.22. The van der Waals surface area contributed by atoms with Crippen LogP contribution in [-0.4, -0.2) is 16.3 Å². The summed E-state index contributed by atoms with van der Waals surface area (Å²) >= 11 is 5.85. The first-order chi connectivity index (χ1) is 5.48. The maximum atomic E-state index is 10.5. The van der Waals surface area contributed by atoms with Crippen LogP contribution >= 0.6 is 11.6 Å². The monoisotopic (exact) mass is 191 g/mol. The summed E-state index contributed by atoms with van der Waals surface area (Å²) in [5, 5.41) is 10.3. The van der Waals surface area contributed by atoms with E-state index < -0.39 is 11.2 Å². The molecule has 1 atom stereocenters. The molecule has 0 aromatic heterocycles. The van der Waals surface area contributed by atoms with Crippen molar-refractivity contribution in [3.63, 3.8) is 0 Å². The Hall–Kier alpha value is -0.900. The van der Waals surface area contributed by atoms with Crippen LogP contribution in [0.4, 0.5) is 0 Å². The van der Waals surface area contributed by atoms with Gasteiger partial charge in [-0.1, -0.05) is 18.5 Å². The van der Waals surface area contributed by atoms with E-state index in [1.165, 1.54) is 0 Å². The number of aliphatic carboxylic acids is 1. The second-order valence-corrected chi connectivity index (χ2v) is 3.18. The first-order valence-corrected chi connectivity index (χ1v) is 3.96. The molecule has 0 aromatic rings. The van der Waals surface area contributed by atoms with Gasteiger partial charge in [0.25, 0.3) is 5.18 Å². The molecule has 0 radical (unpaired) electrons. The van der Waals surface area contributed by atoms with E-state index >= 15 is 0 Å². The number of alkyl halides is 1. The third kappa shape index (κ3) is 1.48. The molecule has 5 heteroatoms. The van der Waals surface area contributed by atoms with Crippen LogP contribution < -0.4 is 5.32 Å². The Bertz CT molecular complexity index is 251. The quantitative estimate of drug-likeness (QED) is 0.509. The maximum Gasteiger partial charge on any atom is 0.373 e. The van der Waals surface area contributed by atoms with Gasteiger partial charge >= 0.3 is 5.97 Å². The zero-order valence-electron chi connectivity index (χ0n) is 6.85.